The molecule has 0 aromatic heterocycles. The summed E-state index contributed by atoms with van der Waals surface area (Å²) in [5, 5.41) is 1.41. The van der Waals surface area contributed by atoms with E-state index in [1.54, 1.807) is 20.8 Å². The van der Waals surface area contributed by atoms with E-state index >= 15 is 0 Å². The van der Waals surface area contributed by atoms with Crippen LogP contribution in [0.5, 0.6) is 0 Å². The molecule has 1 heterocycles. The van der Waals surface area contributed by atoms with E-state index in [0.29, 0.717) is 13.0 Å². The van der Waals surface area contributed by atoms with Gasteiger partial charge in [-0.15, -0.1) is 5.06 Å². The second-order valence-electron chi connectivity index (χ2n) is 4.94. The van der Waals surface area contributed by atoms with Gasteiger partial charge in [0.25, 0.3) is 5.91 Å². The third-order valence-corrected chi connectivity index (χ3v) is 2.46. The fourth-order valence-electron chi connectivity index (χ4n) is 1.45. The number of carbonyl (C=O) groups excluding carboxylic acids is 2. The molecule has 1 aliphatic heterocycles. The predicted octanol–water partition coefficient (Wildman–Crippen LogP) is -0.0550. The van der Waals surface area contributed by atoms with Crippen molar-refractivity contribution in [1.82, 2.24) is 10.5 Å². The van der Waals surface area contributed by atoms with Crippen LogP contribution < -0.4 is 11.3 Å². The van der Waals surface area contributed by atoms with Crippen LogP contribution in [0.1, 0.15) is 33.6 Å². The van der Waals surface area contributed by atoms with Crippen molar-refractivity contribution in [2.24, 2.45) is 11.3 Å². The van der Waals surface area contributed by atoms with Gasteiger partial charge < -0.3 is 4.84 Å². The maximum atomic E-state index is 11.7. The Bertz CT molecular complexity index is 286. The summed E-state index contributed by atoms with van der Waals surface area (Å²) < 4.78 is 0. The number of nitrogens with zero attached hydrogens (tertiary/aromatic N) is 1. The van der Waals surface area contributed by atoms with Gasteiger partial charge in [-0.3, -0.25) is 10.2 Å². The normalized spacial score (nSPS) is 21.9. The Hall–Kier alpha value is -1.14. The predicted molar refractivity (Wildman–Crippen MR) is 57.6 cm³/mol. The molecule has 6 nitrogen and oxygen atoms in total. The largest absolute Gasteiger partial charge is 0.367 e. The van der Waals surface area contributed by atoms with Crippen LogP contribution in [0.2, 0.25) is 0 Å². The van der Waals surface area contributed by atoms with E-state index in [0.717, 1.165) is 6.42 Å². The zero-order chi connectivity index (χ0) is 12.3. The average Bonchev–Trinajstić information content (AvgIpc) is 2.63. The van der Waals surface area contributed by atoms with Gasteiger partial charge in [-0.1, -0.05) is 0 Å². The van der Waals surface area contributed by atoms with Gasteiger partial charge in [-0.05, 0) is 33.6 Å². The minimum absolute atomic E-state index is 0.320. The molecule has 1 amide bonds. The number of hydrogen-bond acceptors (Lipinski definition) is 5. The van der Waals surface area contributed by atoms with Gasteiger partial charge in [0.05, 0.1) is 5.41 Å². The van der Waals surface area contributed by atoms with Crippen molar-refractivity contribution in [2.75, 3.05) is 6.54 Å². The molecule has 1 atom stereocenters. The van der Waals surface area contributed by atoms with E-state index in [9.17, 15) is 9.59 Å². The van der Waals surface area contributed by atoms with Crippen molar-refractivity contribution in [3.63, 3.8) is 0 Å². The first-order valence-electron chi connectivity index (χ1n) is 5.35. The molecule has 0 radical (unpaired) electrons. The molecule has 0 aromatic rings. The lowest BCUT2D eigenvalue weighted by Crippen LogP contribution is -2.47. The van der Waals surface area contributed by atoms with E-state index in [-0.39, 0.29) is 11.9 Å². The Morgan fingerprint density at radius 1 is 1.44 bits per heavy atom. The molecule has 0 saturated carbocycles. The summed E-state index contributed by atoms with van der Waals surface area (Å²) in [6.07, 6.45) is 1.47. The van der Waals surface area contributed by atoms with Crippen LogP contribution in [0.3, 0.4) is 0 Å². The summed E-state index contributed by atoms with van der Waals surface area (Å²) in [6, 6.07) is -0.462. The molecule has 1 fully saturated rings. The highest BCUT2D eigenvalue weighted by Crippen LogP contribution is 2.22. The SMILES string of the molecule is CC(C)(C)C(=O)ON1CCC[C@H]1C(=O)NN. The smallest absolute Gasteiger partial charge is 0.330 e. The lowest BCUT2D eigenvalue weighted by molar-refractivity contribution is -0.204. The lowest BCUT2D eigenvalue weighted by Gasteiger charge is -2.25. The Morgan fingerprint density at radius 2 is 2.06 bits per heavy atom. The number of hydrazine groups is 1. The number of hydroxylamine groups is 2. The molecular formula is C10H19N3O3. The van der Waals surface area contributed by atoms with Crippen LogP contribution in [-0.2, 0) is 14.4 Å². The van der Waals surface area contributed by atoms with E-state index < -0.39 is 11.5 Å². The zero-order valence-corrected chi connectivity index (χ0v) is 9.95. The summed E-state index contributed by atoms with van der Waals surface area (Å²) in [4.78, 5) is 28.2. The lowest BCUT2D eigenvalue weighted by atomic mass is 9.98. The minimum Gasteiger partial charge on any atom is -0.367 e. The number of nitrogens with one attached hydrogen (secondary N) is 1. The molecule has 1 aliphatic rings. The Morgan fingerprint density at radius 3 is 2.56 bits per heavy atom. The fourth-order valence-corrected chi connectivity index (χ4v) is 1.45. The highest BCUT2D eigenvalue weighted by Gasteiger charge is 2.35. The van der Waals surface area contributed by atoms with Crippen LogP contribution >= 0.6 is 0 Å². The number of carbonyl (C=O) groups is 2. The number of rotatable bonds is 2. The quantitative estimate of drug-likeness (QED) is 0.394. The van der Waals surface area contributed by atoms with Crippen molar-refractivity contribution in [1.29, 1.82) is 0 Å². The molecule has 0 unspecified atom stereocenters. The first kappa shape index (κ1) is 12.9. The number of nitrogens with two attached hydrogens (primary N) is 1. The molecule has 0 aliphatic carbocycles. The Labute approximate surface area is 95.0 Å². The van der Waals surface area contributed by atoms with Gasteiger partial charge in [0.2, 0.25) is 0 Å². The van der Waals surface area contributed by atoms with E-state index in [4.69, 9.17) is 10.7 Å². The topological polar surface area (TPSA) is 84.7 Å². The molecule has 1 rings (SSSR count). The maximum absolute atomic E-state index is 11.7. The van der Waals surface area contributed by atoms with Crippen molar-refractivity contribution >= 4 is 11.9 Å². The summed E-state index contributed by atoms with van der Waals surface area (Å²) in [6.45, 7) is 5.87. The van der Waals surface area contributed by atoms with Gasteiger partial charge in [0.15, 0.2) is 0 Å². The fraction of sp³-hybridized carbons (Fsp3) is 0.800. The van der Waals surface area contributed by atoms with Crippen LogP contribution in [0.4, 0.5) is 0 Å². The van der Waals surface area contributed by atoms with Gasteiger partial charge in [0.1, 0.15) is 6.04 Å². The number of hydrogen-bond donors (Lipinski definition) is 2. The standard InChI is InChI=1S/C10H19N3O3/c1-10(2,3)9(15)16-13-6-4-5-7(13)8(14)12-11/h7H,4-6,11H2,1-3H3,(H,12,14)/t7-/m0/s1. The molecule has 16 heavy (non-hydrogen) atoms. The Kier molecular flexibility index (Phi) is 3.88. The van der Waals surface area contributed by atoms with E-state index in [1.807, 2.05) is 0 Å². The van der Waals surface area contributed by atoms with Gasteiger partial charge in [-0.2, -0.15) is 0 Å². The van der Waals surface area contributed by atoms with Crippen molar-refractivity contribution in [2.45, 2.75) is 39.7 Å². The first-order chi connectivity index (χ1) is 7.36. The molecule has 3 N–H and O–H groups in total. The van der Waals surface area contributed by atoms with Crippen molar-refractivity contribution in [3.8, 4) is 0 Å². The summed E-state index contributed by atoms with van der Waals surface area (Å²) >= 11 is 0. The average molecular weight is 229 g/mol. The van der Waals surface area contributed by atoms with E-state index in [2.05, 4.69) is 5.43 Å². The van der Waals surface area contributed by atoms with Gasteiger partial charge in [-0.25, -0.2) is 10.6 Å². The third-order valence-electron chi connectivity index (χ3n) is 2.46. The molecule has 92 valence electrons. The second-order valence-corrected chi connectivity index (χ2v) is 4.94. The van der Waals surface area contributed by atoms with Gasteiger partial charge in [0, 0.05) is 6.54 Å². The first-order valence-corrected chi connectivity index (χ1v) is 5.35. The molecular weight excluding hydrogens is 210 g/mol. The summed E-state index contributed by atoms with van der Waals surface area (Å²) in [7, 11) is 0. The van der Waals surface area contributed by atoms with Crippen LogP contribution in [0, 0.1) is 5.41 Å². The molecule has 0 aromatic carbocycles. The van der Waals surface area contributed by atoms with Gasteiger partial charge >= 0.3 is 5.97 Å². The third kappa shape index (κ3) is 2.93. The van der Waals surface area contributed by atoms with Crippen molar-refractivity contribution in [3.05, 3.63) is 0 Å². The minimum atomic E-state index is -0.577. The van der Waals surface area contributed by atoms with Crippen LogP contribution in [0.25, 0.3) is 0 Å². The highest BCUT2D eigenvalue weighted by molar-refractivity contribution is 5.82. The monoisotopic (exact) mass is 229 g/mol. The zero-order valence-electron chi connectivity index (χ0n) is 9.95. The highest BCUT2D eigenvalue weighted by atomic mass is 16.7. The van der Waals surface area contributed by atoms with Crippen LogP contribution in [0.15, 0.2) is 0 Å². The second kappa shape index (κ2) is 4.80. The summed E-state index contributed by atoms with van der Waals surface area (Å²) in [5.74, 6) is 4.40. The summed E-state index contributed by atoms with van der Waals surface area (Å²) in [5.41, 5.74) is 1.50. The van der Waals surface area contributed by atoms with Crippen molar-refractivity contribution < 1.29 is 14.4 Å². The Balaban J connectivity index is 2.60. The molecule has 0 bridgehead atoms. The molecule has 0 spiro atoms. The number of amides is 1. The van der Waals surface area contributed by atoms with Crippen LogP contribution in [-0.4, -0.2) is 29.5 Å². The molecule has 1 saturated heterocycles. The van der Waals surface area contributed by atoms with E-state index in [1.165, 1.54) is 5.06 Å². The molecule has 6 heteroatoms. The maximum Gasteiger partial charge on any atom is 0.330 e.